The van der Waals surface area contributed by atoms with E-state index in [0.717, 1.165) is 37.6 Å². The maximum atomic E-state index is 11.0. The minimum atomic E-state index is -4.42. The van der Waals surface area contributed by atoms with Gasteiger partial charge in [-0.2, -0.15) is 4.57 Å². The maximum Gasteiger partial charge on any atom is 0.210 e. The zero-order valence-electron chi connectivity index (χ0n) is 13.6. The quantitative estimate of drug-likeness (QED) is 0.220. The van der Waals surface area contributed by atoms with Crippen LogP contribution >= 0.6 is 0 Å². The minimum Gasteiger partial charge on any atom is -0.800 e. The molecule has 10 heteroatoms. The smallest absolute Gasteiger partial charge is 0.210 e. The number of aromatic nitrogens is 1. The van der Waals surface area contributed by atoms with Crippen LogP contribution in [-0.4, -0.2) is 48.8 Å². The van der Waals surface area contributed by atoms with Crippen LogP contribution in [0.4, 0.5) is 5.69 Å². The van der Waals surface area contributed by atoms with Crippen molar-refractivity contribution in [2.45, 2.75) is 9.60 Å². The van der Waals surface area contributed by atoms with Gasteiger partial charge in [0.1, 0.15) is 10.1 Å². The monoisotopic (exact) mass is 592 g/mol. The molecule has 2 aromatic rings. The number of pyridine rings is 1. The van der Waals surface area contributed by atoms with Crippen LogP contribution < -0.4 is 9.47 Å². The van der Waals surface area contributed by atoms with Crippen molar-refractivity contribution in [3.63, 3.8) is 0 Å². The zero-order valence-corrected chi connectivity index (χ0v) is 18.2. The molecule has 1 saturated heterocycles. The Morgan fingerprint density at radius 3 is 1.96 bits per heavy atom. The van der Waals surface area contributed by atoms with Gasteiger partial charge in [-0.15, -0.1) is 0 Å². The van der Waals surface area contributed by atoms with Gasteiger partial charge in [-0.1, -0.05) is 0 Å². The van der Waals surface area contributed by atoms with Crippen molar-refractivity contribution in [3.8, 4) is 5.69 Å². The number of rotatable bonds is 4. The van der Waals surface area contributed by atoms with Crippen LogP contribution in [0.5, 0.6) is 0 Å². The van der Waals surface area contributed by atoms with E-state index in [9.17, 15) is 13.0 Å². The van der Waals surface area contributed by atoms with E-state index < -0.39 is 10.1 Å². The number of hydrogen-bond donors (Lipinski definition) is 0. The number of benzene rings is 1. The van der Waals surface area contributed by atoms with Crippen molar-refractivity contribution in [1.29, 1.82) is 0 Å². The SMILES string of the molecule is O=S(=O)([O-])c1ccc(-[n+]2ccc(N3CCN(C([S-])[S-])CC3)cc2)cc1.[Au]. The first-order valence-electron chi connectivity index (χ1n) is 7.73. The number of hydrogen-bond acceptors (Lipinski definition) is 7. The summed E-state index contributed by atoms with van der Waals surface area (Å²) in [4.78, 5) is 4.16. The van der Waals surface area contributed by atoms with Crippen molar-refractivity contribution < 1.29 is 39.9 Å². The molecule has 0 spiro atoms. The molecule has 0 aliphatic carbocycles. The van der Waals surface area contributed by atoms with E-state index in [4.69, 9.17) is 25.3 Å². The van der Waals surface area contributed by atoms with Crippen LogP contribution in [0.1, 0.15) is 0 Å². The van der Waals surface area contributed by atoms with Crippen LogP contribution in [-0.2, 0) is 57.8 Å². The molecule has 1 aliphatic rings. The summed E-state index contributed by atoms with van der Waals surface area (Å²) in [6.07, 6.45) is 3.82. The third-order valence-corrected chi connectivity index (χ3v) is 5.66. The summed E-state index contributed by atoms with van der Waals surface area (Å²) in [7, 11) is -4.42. The van der Waals surface area contributed by atoms with Gasteiger partial charge >= 0.3 is 0 Å². The molecule has 1 aliphatic heterocycles. The third-order valence-electron chi connectivity index (χ3n) is 4.21. The molecule has 0 bridgehead atoms. The number of nitrogens with zero attached hydrogens (tertiary/aromatic N) is 3. The fourth-order valence-electron chi connectivity index (χ4n) is 2.78. The maximum absolute atomic E-state index is 11.0. The molecule has 1 aromatic carbocycles. The molecule has 1 radical (unpaired) electrons. The van der Waals surface area contributed by atoms with E-state index in [-0.39, 0.29) is 32.0 Å². The second-order valence-corrected chi connectivity index (χ2v) is 8.31. The Morgan fingerprint density at radius 2 is 1.50 bits per heavy atom. The average molecular weight is 592 g/mol. The van der Waals surface area contributed by atoms with E-state index in [1.165, 1.54) is 12.1 Å². The van der Waals surface area contributed by atoms with Crippen molar-refractivity contribution in [3.05, 3.63) is 48.8 Å². The van der Waals surface area contributed by atoms with Gasteiger partial charge in [0.25, 0.3) is 0 Å². The fraction of sp³-hybridized carbons (Fsp3) is 0.312. The van der Waals surface area contributed by atoms with Crippen molar-refractivity contribution >= 4 is 41.1 Å². The van der Waals surface area contributed by atoms with Gasteiger partial charge in [0.2, 0.25) is 5.69 Å². The predicted octanol–water partition coefficient (Wildman–Crippen LogP) is 0.364. The molecule has 0 N–H and O–H groups in total. The van der Waals surface area contributed by atoms with Gasteiger partial charge in [-0.25, -0.2) is 13.1 Å². The number of piperazine rings is 1. The molecule has 1 fully saturated rings. The molecule has 1 aromatic heterocycles. The molecule has 145 valence electrons. The second kappa shape index (κ2) is 9.11. The van der Waals surface area contributed by atoms with Gasteiger partial charge in [0.05, 0.1) is 4.90 Å². The summed E-state index contributed by atoms with van der Waals surface area (Å²) in [5, 5.41) is 0. The normalized spacial score (nSPS) is 15.8. The van der Waals surface area contributed by atoms with E-state index in [2.05, 4.69) is 9.80 Å². The topological polar surface area (TPSA) is 67.6 Å². The number of anilines is 1. The van der Waals surface area contributed by atoms with Crippen LogP contribution in [0.15, 0.2) is 53.7 Å². The molecule has 2 heterocycles. The first-order chi connectivity index (χ1) is 11.8. The molecule has 0 amide bonds. The van der Waals surface area contributed by atoms with Gasteiger partial charge in [0, 0.05) is 78.5 Å². The summed E-state index contributed by atoms with van der Waals surface area (Å²) in [6.45, 7) is 3.48. The third kappa shape index (κ3) is 5.26. The molecule has 0 unspecified atom stereocenters. The Balaban J connectivity index is 0.00000243. The van der Waals surface area contributed by atoms with Crippen molar-refractivity contribution in [2.75, 3.05) is 31.1 Å². The van der Waals surface area contributed by atoms with Crippen LogP contribution in [0.3, 0.4) is 0 Å². The average Bonchev–Trinajstić information content (AvgIpc) is 2.61. The summed E-state index contributed by atoms with van der Waals surface area (Å²) >= 11 is 10.2. The largest absolute Gasteiger partial charge is 0.800 e. The van der Waals surface area contributed by atoms with Crippen molar-refractivity contribution in [2.24, 2.45) is 0 Å². The molecule has 26 heavy (non-hydrogen) atoms. The Labute approximate surface area is 180 Å². The Bertz CT molecular complexity index is 822. The molecule has 3 rings (SSSR count). The predicted molar refractivity (Wildman–Crippen MR) is 98.2 cm³/mol. The van der Waals surface area contributed by atoms with E-state index in [1.807, 2.05) is 29.1 Å². The van der Waals surface area contributed by atoms with Gasteiger partial charge in [0.15, 0.2) is 12.4 Å². The standard InChI is InChI=1S/C16H19N3O3S3.Au/c20-25(21,22)15-3-1-13(2-4-15)17-7-5-14(6-8-17)18-9-11-19(12-10-18)16(23)24;/h1-8,16H,9-12H2,(H2-,20,21,22,23,24);/p-2. The molecular formula is C16H17AuN3O3S3-2. The van der Waals surface area contributed by atoms with Gasteiger partial charge in [-0.3, -0.25) is 0 Å². The van der Waals surface area contributed by atoms with E-state index >= 15 is 0 Å². The first kappa shape index (κ1) is 21.8. The molecule has 6 nitrogen and oxygen atoms in total. The van der Waals surface area contributed by atoms with E-state index in [1.54, 1.807) is 12.1 Å². The molecule has 0 saturated carbocycles. The summed E-state index contributed by atoms with van der Waals surface area (Å²) in [5.74, 6) is 0. The molecule has 0 atom stereocenters. The van der Waals surface area contributed by atoms with Crippen LogP contribution in [0, 0.1) is 0 Å². The zero-order chi connectivity index (χ0) is 18.0. The Hall–Kier alpha value is -0.520. The fourth-order valence-corrected chi connectivity index (χ4v) is 3.67. The minimum absolute atomic E-state index is 0. The summed E-state index contributed by atoms with van der Waals surface area (Å²) in [6, 6.07) is 9.86. The van der Waals surface area contributed by atoms with Gasteiger partial charge < -0.3 is 39.6 Å². The Morgan fingerprint density at radius 1 is 0.962 bits per heavy atom. The first-order valence-corrected chi connectivity index (χ1v) is 10.1. The van der Waals surface area contributed by atoms with Crippen molar-refractivity contribution in [1.82, 2.24) is 4.90 Å². The van der Waals surface area contributed by atoms with E-state index in [0.29, 0.717) is 0 Å². The Kier molecular flexibility index (Phi) is 7.63. The van der Waals surface area contributed by atoms with Crippen LogP contribution in [0.25, 0.3) is 5.69 Å². The summed E-state index contributed by atoms with van der Waals surface area (Å²) < 4.78 is 34.6. The van der Waals surface area contributed by atoms with Crippen LogP contribution in [0.2, 0.25) is 0 Å². The summed E-state index contributed by atoms with van der Waals surface area (Å²) in [5.41, 5.74) is 1.89. The van der Waals surface area contributed by atoms with Gasteiger partial charge in [-0.05, 0) is 12.1 Å². The second-order valence-electron chi connectivity index (χ2n) is 5.74. The molecular weight excluding hydrogens is 575 g/mol.